The van der Waals surface area contributed by atoms with E-state index in [1.807, 2.05) is 66.5 Å². The molecule has 5 heteroatoms. The predicted molar refractivity (Wildman–Crippen MR) is 101 cm³/mol. The summed E-state index contributed by atoms with van der Waals surface area (Å²) in [4.78, 5) is 14.1. The molecule has 0 spiro atoms. The van der Waals surface area contributed by atoms with Crippen LogP contribution in [0, 0.1) is 0 Å². The van der Waals surface area contributed by atoms with Gasteiger partial charge in [-0.05, 0) is 49.7 Å². The molecule has 0 bridgehead atoms. The maximum Gasteiger partial charge on any atom is 0.260 e. The van der Waals surface area contributed by atoms with Crippen molar-refractivity contribution >= 4 is 5.91 Å². The van der Waals surface area contributed by atoms with Crippen LogP contribution < -0.4 is 14.8 Å². The van der Waals surface area contributed by atoms with Crippen LogP contribution >= 0.6 is 0 Å². The predicted octanol–water partition coefficient (Wildman–Crippen LogP) is 2.85. The molecule has 1 aliphatic heterocycles. The summed E-state index contributed by atoms with van der Waals surface area (Å²) in [6.45, 7) is 2.19. The van der Waals surface area contributed by atoms with Gasteiger partial charge >= 0.3 is 0 Å². The number of carbonyl (C=O) groups excluding carboxylic acids is 1. The Morgan fingerprint density at radius 3 is 2.23 bits per heavy atom. The smallest absolute Gasteiger partial charge is 0.260 e. The highest BCUT2D eigenvalue weighted by Gasteiger charge is 2.21. The summed E-state index contributed by atoms with van der Waals surface area (Å²) in [5.41, 5.74) is 1.13. The van der Waals surface area contributed by atoms with E-state index >= 15 is 0 Å². The average molecular weight is 354 g/mol. The second-order valence-electron chi connectivity index (χ2n) is 6.48. The Morgan fingerprint density at radius 2 is 1.62 bits per heavy atom. The van der Waals surface area contributed by atoms with Gasteiger partial charge < -0.3 is 19.7 Å². The number of likely N-dealkylation sites (tertiary alicyclic amines) is 1. The molecule has 1 heterocycles. The Labute approximate surface area is 154 Å². The van der Waals surface area contributed by atoms with Crippen LogP contribution in [-0.2, 0) is 11.4 Å². The first-order valence-electron chi connectivity index (χ1n) is 9.09. The zero-order valence-corrected chi connectivity index (χ0v) is 15.2. The highest BCUT2D eigenvalue weighted by atomic mass is 16.5. The van der Waals surface area contributed by atoms with E-state index in [0.29, 0.717) is 18.4 Å². The number of hydrogen-bond acceptors (Lipinski definition) is 4. The largest absolute Gasteiger partial charge is 0.489 e. The Bertz CT molecular complexity index is 680. The topological polar surface area (TPSA) is 50.8 Å². The maximum absolute atomic E-state index is 12.2. The molecule has 0 unspecified atom stereocenters. The molecule has 1 N–H and O–H groups in total. The van der Waals surface area contributed by atoms with Crippen LogP contribution in [0.4, 0.5) is 0 Å². The van der Waals surface area contributed by atoms with Gasteiger partial charge in [-0.2, -0.15) is 0 Å². The number of rotatable bonds is 7. The highest BCUT2D eigenvalue weighted by molar-refractivity contribution is 5.77. The van der Waals surface area contributed by atoms with Gasteiger partial charge in [0.25, 0.3) is 5.91 Å². The fourth-order valence-corrected chi connectivity index (χ4v) is 3.03. The monoisotopic (exact) mass is 354 g/mol. The summed E-state index contributed by atoms with van der Waals surface area (Å²) in [6, 6.07) is 17.9. The van der Waals surface area contributed by atoms with Crippen molar-refractivity contribution in [1.82, 2.24) is 10.2 Å². The molecule has 3 rings (SSSR count). The van der Waals surface area contributed by atoms with E-state index < -0.39 is 0 Å². The number of carbonyl (C=O) groups is 1. The normalized spacial score (nSPS) is 14.9. The molecule has 0 aliphatic carbocycles. The number of benzene rings is 2. The number of ether oxygens (including phenoxy) is 2. The van der Waals surface area contributed by atoms with Crippen molar-refractivity contribution in [3.8, 4) is 11.5 Å². The van der Waals surface area contributed by atoms with Crippen LogP contribution in [-0.4, -0.2) is 43.6 Å². The zero-order chi connectivity index (χ0) is 18.2. The molecule has 2 aromatic carbocycles. The quantitative estimate of drug-likeness (QED) is 0.831. The van der Waals surface area contributed by atoms with Crippen LogP contribution in [0.5, 0.6) is 11.5 Å². The fourth-order valence-electron chi connectivity index (χ4n) is 3.03. The zero-order valence-electron chi connectivity index (χ0n) is 15.2. The lowest BCUT2D eigenvalue weighted by atomic mass is 10.1. The molecule has 1 fully saturated rings. The van der Waals surface area contributed by atoms with E-state index in [1.165, 1.54) is 0 Å². The van der Waals surface area contributed by atoms with E-state index in [9.17, 15) is 4.79 Å². The van der Waals surface area contributed by atoms with Crippen molar-refractivity contribution in [2.45, 2.75) is 25.5 Å². The molecule has 138 valence electrons. The minimum Gasteiger partial charge on any atom is -0.489 e. The number of piperidine rings is 1. The molecular formula is C21H26N2O3. The van der Waals surface area contributed by atoms with Crippen molar-refractivity contribution in [1.29, 1.82) is 0 Å². The SMILES string of the molecule is CNC1CCN(C(=O)COc2ccc(OCc3ccccc3)cc2)CC1. The van der Waals surface area contributed by atoms with Gasteiger partial charge in [-0.25, -0.2) is 0 Å². The molecule has 26 heavy (non-hydrogen) atoms. The van der Waals surface area contributed by atoms with Gasteiger partial charge in [-0.1, -0.05) is 30.3 Å². The molecule has 0 radical (unpaired) electrons. The minimum absolute atomic E-state index is 0.0453. The highest BCUT2D eigenvalue weighted by Crippen LogP contribution is 2.19. The standard InChI is InChI=1S/C21H26N2O3/c1-22-18-11-13-23(14-12-18)21(24)16-26-20-9-7-19(8-10-20)25-15-17-5-3-2-4-6-17/h2-10,18,22H,11-16H2,1H3. The molecular weight excluding hydrogens is 328 g/mol. The summed E-state index contributed by atoms with van der Waals surface area (Å²) in [7, 11) is 1.97. The molecule has 1 aliphatic rings. The van der Waals surface area contributed by atoms with Crippen molar-refractivity contribution in [3.63, 3.8) is 0 Å². The van der Waals surface area contributed by atoms with Crippen molar-refractivity contribution in [3.05, 3.63) is 60.2 Å². The summed E-state index contributed by atoms with van der Waals surface area (Å²) in [5, 5.41) is 3.27. The van der Waals surface area contributed by atoms with Crippen LogP contribution in [0.15, 0.2) is 54.6 Å². The molecule has 5 nitrogen and oxygen atoms in total. The van der Waals surface area contributed by atoms with Gasteiger partial charge in [0.15, 0.2) is 6.61 Å². The molecule has 2 aromatic rings. The lowest BCUT2D eigenvalue weighted by Crippen LogP contribution is -2.45. The maximum atomic E-state index is 12.2. The second kappa shape index (κ2) is 9.25. The van der Waals surface area contributed by atoms with Gasteiger partial charge in [0.05, 0.1) is 0 Å². The van der Waals surface area contributed by atoms with Gasteiger partial charge in [-0.3, -0.25) is 4.79 Å². The first kappa shape index (κ1) is 18.3. The van der Waals surface area contributed by atoms with Gasteiger partial charge in [0.2, 0.25) is 0 Å². The van der Waals surface area contributed by atoms with Gasteiger partial charge in [0, 0.05) is 19.1 Å². The van der Waals surface area contributed by atoms with Crippen molar-refractivity contribution in [2.75, 3.05) is 26.7 Å². The first-order chi connectivity index (χ1) is 12.7. The van der Waals surface area contributed by atoms with Crippen LogP contribution in [0.2, 0.25) is 0 Å². The van der Waals surface area contributed by atoms with E-state index in [1.54, 1.807) is 0 Å². The Kier molecular flexibility index (Phi) is 6.50. The molecule has 0 saturated carbocycles. The number of amides is 1. The molecule has 1 amide bonds. The molecule has 1 saturated heterocycles. The third-order valence-electron chi connectivity index (χ3n) is 4.69. The lowest BCUT2D eigenvalue weighted by molar-refractivity contribution is -0.134. The van der Waals surface area contributed by atoms with Crippen LogP contribution in [0.3, 0.4) is 0 Å². The van der Waals surface area contributed by atoms with Crippen LogP contribution in [0.1, 0.15) is 18.4 Å². The summed E-state index contributed by atoms with van der Waals surface area (Å²) < 4.78 is 11.4. The minimum atomic E-state index is 0.0453. The number of hydrogen-bond donors (Lipinski definition) is 1. The van der Waals surface area contributed by atoms with Crippen molar-refractivity contribution in [2.24, 2.45) is 0 Å². The summed E-state index contributed by atoms with van der Waals surface area (Å²) >= 11 is 0. The molecule has 0 atom stereocenters. The van der Waals surface area contributed by atoms with E-state index in [4.69, 9.17) is 9.47 Å². The third-order valence-corrected chi connectivity index (χ3v) is 4.69. The summed E-state index contributed by atoms with van der Waals surface area (Å²) in [5.74, 6) is 1.50. The first-order valence-corrected chi connectivity index (χ1v) is 9.09. The number of nitrogens with zero attached hydrogens (tertiary/aromatic N) is 1. The van der Waals surface area contributed by atoms with Crippen molar-refractivity contribution < 1.29 is 14.3 Å². The Hall–Kier alpha value is -2.53. The van der Waals surface area contributed by atoms with E-state index in [0.717, 1.165) is 37.2 Å². The van der Waals surface area contributed by atoms with Gasteiger partial charge in [0.1, 0.15) is 18.1 Å². The number of nitrogens with one attached hydrogen (secondary N) is 1. The average Bonchev–Trinajstić information content (AvgIpc) is 2.72. The second-order valence-corrected chi connectivity index (χ2v) is 6.48. The van der Waals surface area contributed by atoms with Gasteiger partial charge in [-0.15, -0.1) is 0 Å². The fraction of sp³-hybridized carbons (Fsp3) is 0.381. The third kappa shape index (κ3) is 5.23. The van der Waals surface area contributed by atoms with E-state index in [-0.39, 0.29) is 12.5 Å². The Balaban J connectivity index is 1.42. The summed E-state index contributed by atoms with van der Waals surface area (Å²) in [6.07, 6.45) is 1.99. The lowest BCUT2D eigenvalue weighted by Gasteiger charge is -2.31. The Morgan fingerprint density at radius 1 is 1.00 bits per heavy atom. The molecule has 0 aromatic heterocycles. The van der Waals surface area contributed by atoms with Crippen LogP contribution in [0.25, 0.3) is 0 Å². The van der Waals surface area contributed by atoms with E-state index in [2.05, 4.69) is 5.32 Å².